The van der Waals surface area contributed by atoms with Crippen LogP contribution in [0.1, 0.15) is 0 Å². The fraction of sp³-hybridized carbons (Fsp3) is 0.125. The summed E-state index contributed by atoms with van der Waals surface area (Å²) in [4.78, 5) is 15.7. The maximum Gasteiger partial charge on any atom is 0.246 e. The molecule has 0 bridgehead atoms. The molecule has 0 spiro atoms. The third-order valence-corrected chi connectivity index (χ3v) is 2.88. The summed E-state index contributed by atoms with van der Waals surface area (Å²) in [5, 5.41) is 5.45. The summed E-state index contributed by atoms with van der Waals surface area (Å²) < 4.78 is 17.8. The highest BCUT2D eigenvalue weighted by molar-refractivity contribution is 5.97. The first-order valence-electron chi connectivity index (χ1n) is 6.83. The molecular weight excluding hydrogens is 299 g/mol. The van der Waals surface area contributed by atoms with Gasteiger partial charge in [-0.15, -0.1) is 0 Å². The van der Waals surface area contributed by atoms with Gasteiger partial charge in [0.25, 0.3) is 0 Å². The molecule has 0 saturated carbocycles. The summed E-state index contributed by atoms with van der Waals surface area (Å²) in [6.07, 6.45) is 0. The largest absolute Gasteiger partial charge is 0.497 e. The van der Waals surface area contributed by atoms with Crippen molar-refractivity contribution in [1.82, 2.24) is 0 Å². The van der Waals surface area contributed by atoms with Crippen LogP contribution >= 0.6 is 0 Å². The lowest BCUT2D eigenvalue weighted by atomic mass is 10.3. The van der Waals surface area contributed by atoms with Gasteiger partial charge in [-0.05, 0) is 48.5 Å². The second-order valence-corrected chi connectivity index (χ2v) is 4.61. The van der Waals surface area contributed by atoms with E-state index in [0.717, 1.165) is 11.4 Å². The second kappa shape index (κ2) is 7.79. The molecule has 1 amide bonds. The molecule has 0 atom stereocenters. The molecule has 120 valence electrons. The number of ether oxygens (including phenoxy) is 1. The number of benzene rings is 2. The molecule has 0 radical (unpaired) electrons. The molecule has 0 saturated heterocycles. The Morgan fingerprint density at radius 2 is 1.65 bits per heavy atom. The molecule has 23 heavy (non-hydrogen) atoms. The smallest absolute Gasteiger partial charge is 0.246 e. The van der Waals surface area contributed by atoms with Crippen molar-refractivity contribution in [1.29, 1.82) is 0 Å². The van der Waals surface area contributed by atoms with Gasteiger partial charge in [0.2, 0.25) is 5.91 Å². The molecular formula is C16H17FN4O2. The second-order valence-electron chi connectivity index (χ2n) is 4.61. The highest BCUT2D eigenvalue weighted by atomic mass is 19.1. The summed E-state index contributed by atoms with van der Waals surface area (Å²) in [6.45, 7) is -0.146. The fourth-order valence-corrected chi connectivity index (χ4v) is 1.75. The van der Waals surface area contributed by atoms with Gasteiger partial charge in [0, 0.05) is 11.4 Å². The highest BCUT2D eigenvalue weighted by Crippen LogP contribution is 2.14. The van der Waals surface area contributed by atoms with Crippen molar-refractivity contribution < 1.29 is 13.9 Å². The van der Waals surface area contributed by atoms with E-state index < -0.39 is 0 Å². The number of hydrogen-bond donors (Lipinski definition) is 3. The molecule has 0 unspecified atom stereocenters. The van der Waals surface area contributed by atoms with Crippen molar-refractivity contribution in [3.63, 3.8) is 0 Å². The predicted molar refractivity (Wildman–Crippen MR) is 88.1 cm³/mol. The number of amides is 1. The molecule has 0 aliphatic heterocycles. The number of aliphatic imine (C=N–C) groups is 1. The van der Waals surface area contributed by atoms with Crippen LogP contribution in [0.3, 0.4) is 0 Å². The number of anilines is 2. The van der Waals surface area contributed by atoms with Gasteiger partial charge >= 0.3 is 0 Å². The van der Waals surface area contributed by atoms with E-state index >= 15 is 0 Å². The van der Waals surface area contributed by atoms with E-state index in [2.05, 4.69) is 15.6 Å². The van der Waals surface area contributed by atoms with E-state index in [4.69, 9.17) is 10.5 Å². The van der Waals surface area contributed by atoms with Gasteiger partial charge in [-0.1, -0.05) is 0 Å². The summed E-state index contributed by atoms with van der Waals surface area (Å²) in [6, 6.07) is 12.6. The maximum atomic E-state index is 12.8. The maximum absolute atomic E-state index is 12.8. The topological polar surface area (TPSA) is 88.7 Å². The summed E-state index contributed by atoms with van der Waals surface area (Å²) in [5.74, 6) is 0.124. The third-order valence-electron chi connectivity index (χ3n) is 2.88. The Kier molecular flexibility index (Phi) is 5.51. The standard InChI is InChI=1S/C16H17FN4O2/c1-23-14-8-6-13(7-9-14)21-16(18)19-10-15(22)20-12-4-2-11(17)3-5-12/h2-9H,10H2,1H3,(H,20,22)(H3,18,19,21). The van der Waals surface area contributed by atoms with Crippen LogP contribution in [0.15, 0.2) is 53.5 Å². The molecule has 2 aromatic rings. The Hall–Kier alpha value is -3.09. The average molecular weight is 316 g/mol. The lowest BCUT2D eigenvalue weighted by Crippen LogP contribution is -2.25. The van der Waals surface area contributed by atoms with Crippen LogP contribution < -0.4 is 21.1 Å². The lowest BCUT2D eigenvalue weighted by molar-refractivity contribution is -0.114. The zero-order valence-electron chi connectivity index (χ0n) is 12.5. The number of rotatable bonds is 5. The van der Waals surface area contributed by atoms with Crippen LogP contribution in [0.2, 0.25) is 0 Å². The van der Waals surface area contributed by atoms with Crippen LogP contribution in [0.5, 0.6) is 5.75 Å². The van der Waals surface area contributed by atoms with Crippen LogP contribution in [0.4, 0.5) is 15.8 Å². The summed E-state index contributed by atoms with van der Waals surface area (Å²) >= 11 is 0. The molecule has 2 aromatic carbocycles. The molecule has 0 aliphatic carbocycles. The van der Waals surface area contributed by atoms with E-state index in [1.165, 1.54) is 24.3 Å². The van der Waals surface area contributed by atoms with Crippen molar-refractivity contribution in [2.75, 3.05) is 24.3 Å². The highest BCUT2D eigenvalue weighted by Gasteiger charge is 2.02. The number of methoxy groups -OCH3 is 1. The SMILES string of the molecule is COc1ccc(NC(N)=NCC(=O)Nc2ccc(F)cc2)cc1. The van der Waals surface area contributed by atoms with Crippen molar-refractivity contribution >= 4 is 23.2 Å². The fourth-order valence-electron chi connectivity index (χ4n) is 1.75. The van der Waals surface area contributed by atoms with E-state index in [-0.39, 0.29) is 24.2 Å². The zero-order chi connectivity index (χ0) is 16.7. The number of carbonyl (C=O) groups excluding carboxylic acids is 1. The van der Waals surface area contributed by atoms with Crippen molar-refractivity contribution in [2.24, 2.45) is 10.7 Å². The van der Waals surface area contributed by atoms with Gasteiger partial charge in [0.15, 0.2) is 5.96 Å². The lowest BCUT2D eigenvalue weighted by Gasteiger charge is -2.07. The number of guanidine groups is 1. The number of nitrogens with zero attached hydrogens (tertiary/aromatic N) is 1. The first-order valence-corrected chi connectivity index (χ1v) is 6.83. The Balaban J connectivity index is 1.85. The Morgan fingerprint density at radius 3 is 2.26 bits per heavy atom. The van der Waals surface area contributed by atoms with Gasteiger partial charge in [-0.2, -0.15) is 0 Å². The van der Waals surface area contributed by atoms with Crippen LogP contribution in [-0.2, 0) is 4.79 Å². The number of nitrogens with two attached hydrogens (primary N) is 1. The van der Waals surface area contributed by atoms with Gasteiger partial charge in [0.05, 0.1) is 7.11 Å². The van der Waals surface area contributed by atoms with Crippen LogP contribution in [0, 0.1) is 5.82 Å². The molecule has 0 fully saturated rings. The van der Waals surface area contributed by atoms with E-state index in [9.17, 15) is 9.18 Å². The minimum atomic E-state index is -0.367. The van der Waals surface area contributed by atoms with Gasteiger partial charge in [0.1, 0.15) is 18.1 Å². The minimum Gasteiger partial charge on any atom is -0.497 e. The first-order chi connectivity index (χ1) is 11.1. The Morgan fingerprint density at radius 1 is 1.09 bits per heavy atom. The monoisotopic (exact) mass is 316 g/mol. The molecule has 6 nitrogen and oxygen atoms in total. The average Bonchev–Trinajstić information content (AvgIpc) is 2.56. The molecule has 2 rings (SSSR count). The molecule has 4 N–H and O–H groups in total. The summed E-state index contributed by atoms with van der Waals surface area (Å²) in [5.41, 5.74) is 6.94. The van der Waals surface area contributed by atoms with Crippen molar-refractivity contribution in [3.8, 4) is 5.75 Å². The zero-order valence-corrected chi connectivity index (χ0v) is 12.5. The van der Waals surface area contributed by atoms with E-state index in [1.807, 2.05) is 0 Å². The number of nitrogens with one attached hydrogen (secondary N) is 2. The van der Waals surface area contributed by atoms with E-state index in [0.29, 0.717) is 5.69 Å². The number of hydrogen-bond acceptors (Lipinski definition) is 3. The van der Waals surface area contributed by atoms with Crippen molar-refractivity contribution in [3.05, 3.63) is 54.3 Å². The third kappa shape index (κ3) is 5.31. The quantitative estimate of drug-likeness (QED) is 0.583. The normalized spacial score (nSPS) is 11.0. The minimum absolute atomic E-state index is 0.115. The Bertz CT molecular complexity index is 684. The summed E-state index contributed by atoms with van der Waals surface area (Å²) in [7, 11) is 1.58. The van der Waals surface area contributed by atoms with Crippen LogP contribution in [-0.4, -0.2) is 25.5 Å². The number of carbonyl (C=O) groups is 1. The molecule has 0 aromatic heterocycles. The number of halogens is 1. The van der Waals surface area contributed by atoms with Crippen molar-refractivity contribution in [2.45, 2.75) is 0 Å². The van der Waals surface area contributed by atoms with Crippen LogP contribution in [0.25, 0.3) is 0 Å². The predicted octanol–water partition coefficient (Wildman–Crippen LogP) is 2.20. The van der Waals surface area contributed by atoms with E-state index in [1.54, 1.807) is 31.4 Å². The molecule has 0 aliphatic rings. The molecule has 0 heterocycles. The van der Waals surface area contributed by atoms with Gasteiger partial charge in [-0.3, -0.25) is 4.79 Å². The Labute approximate surface area is 133 Å². The molecule has 7 heteroatoms. The van der Waals surface area contributed by atoms with Gasteiger partial charge < -0.3 is 21.1 Å². The first kappa shape index (κ1) is 16.3. The van der Waals surface area contributed by atoms with Gasteiger partial charge in [-0.25, -0.2) is 9.38 Å².